The average Bonchev–Trinajstić information content (AvgIpc) is 2.30. The number of rotatable bonds is 2. The second-order valence-electron chi connectivity index (χ2n) is 2.96. The lowest BCUT2D eigenvalue weighted by molar-refractivity contribution is -0.173. The molecule has 3 N–H and O–H groups in total. The van der Waals surface area contributed by atoms with E-state index < -0.39 is 30.1 Å². The molecule has 0 spiro atoms. The first kappa shape index (κ1) is 10.4. The number of hydrogen-bond donors (Lipinski definition) is 3. The van der Waals surface area contributed by atoms with Crippen LogP contribution in [0.25, 0.3) is 0 Å². The van der Waals surface area contributed by atoms with E-state index in [0.29, 0.717) is 0 Å². The number of ether oxygens (including phenoxy) is 2. The quantitative estimate of drug-likeness (QED) is 0.495. The van der Waals surface area contributed by atoms with Gasteiger partial charge in [-0.25, -0.2) is 4.79 Å². The number of aliphatic hydroxyl groups is 2. The van der Waals surface area contributed by atoms with E-state index in [4.69, 9.17) is 9.84 Å². The van der Waals surface area contributed by atoms with E-state index in [1.165, 1.54) is 14.0 Å². The molecule has 1 heterocycles. The number of aliphatic hydroxyl groups excluding tert-OH is 1. The van der Waals surface area contributed by atoms with Gasteiger partial charge in [-0.1, -0.05) is 0 Å². The number of hydrogen-bond acceptors (Lipinski definition) is 5. The SMILES string of the molecule is COC1OC(C)C(O)(C(=O)O)C1O. The number of carboxylic acid groups (broad SMARTS) is 1. The van der Waals surface area contributed by atoms with Crippen molar-refractivity contribution in [1.29, 1.82) is 0 Å². The maximum absolute atomic E-state index is 10.7. The molecule has 4 atom stereocenters. The number of carbonyl (C=O) groups is 1. The van der Waals surface area contributed by atoms with Crippen molar-refractivity contribution in [2.45, 2.75) is 31.0 Å². The van der Waals surface area contributed by atoms with Crippen molar-refractivity contribution in [2.24, 2.45) is 0 Å². The molecular weight excluding hydrogens is 180 g/mol. The van der Waals surface area contributed by atoms with Gasteiger partial charge in [0.1, 0.15) is 12.2 Å². The van der Waals surface area contributed by atoms with Crippen molar-refractivity contribution in [3.05, 3.63) is 0 Å². The van der Waals surface area contributed by atoms with Crippen LogP contribution in [-0.2, 0) is 14.3 Å². The molecular formula is C7H12O6. The number of aliphatic carboxylic acids is 1. The Kier molecular flexibility index (Phi) is 2.58. The Labute approximate surface area is 74.7 Å². The Hall–Kier alpha value is -0.690. The molecule has 0 aromatic heterocycles. The molecule has 6 nitrogen and oxygen atoms in total. The van der Waals surface area contributed by atoms with Crippen LogP contribution in [0.5, 0.6) is 0 Å². The lowest BCUT2D eigenvalue weighted by atomic mass is 9.94. The fourth-order valence-corrected chi connectivity index (χ4v) is 1.31. The van der Waals surface area contributed by atoms with Crippen molar-refractivity contribution in [3.8, 4) is 0 Å². The van der Waals surface area contributed by atoms with Gasteiger partial charge in [-0.05, 0) is 6.92 Å². The zero-order valence-electron chi connectivity index (χ0n) is 7.30. The Morgan fingerprint density at radius 2 is 2.15 bits per heavy atom. The van der Waals surface area contributed by atoms with E-state index >= 15 is 0 Å². The van der Waals surface area contributed by atoms with E-state index in [0.717, 1.165) is 0 Å². The summed E-state index contributed by atoms with van der Waals surface area (Å²) in [6.07, 6.45) is -3.69. The second-order valence-corrected chi connectivity index (χ2v) is 2.96. The molecule has 76 valence electrons. The van der Waals surface area contributed by atoms with E-state index in [2.05, 4.69) is 4.74 Å². The fourth-order valence-electron chi connectivity index (χ4n) is 1.31. The van der Waals surface area contributed by atoms with E-state index in [1.807, 2.05) is 0 Å². The molecule has 13 heavy (non-hydrogen) atoms. The van der Waals surface area contributed by atoms with E-state index in [9.17, 15) is 15.0 Å². The van der Waals surface area contributed by atoms with Crippen LogP contribution in [-0.4, -0.2) is 52.5 Å². The monoisotopic (exact) mass is 192 g/mol. The largest absolute Gasteiger partial charge is 0.479 e. The first-order valence-corrected chi connectivity index (χ1v) is 3.76. The second kappa shape index (κ2) is 3.22. The minimum Gasteiger partial charge on any atom is -0.479 e. The molecule has 4 unspecified atom stereocenters. The number of methoxy groups -OCH3 is 1. The predicted molar refractivity (Wildman–Crippen MR) is 39.9 cm³/mol. The smallest absolute Gasteiger partial charge is 0.341 e. The van der Waals surface area contributed by atoms with Crippen molar-refractivity contribution < 1.29 is 29.6 Å². The molecule has 0 radical (unpaired) electrons. The third-order valence-corrected chi connectivity index (χ3v) is 2.24. The topological polar surface area (TPSA) is 96.2 Å². The first-order chi connectivity index (χ1) is 5.94. The normalized spacial score (nSPS) is 45.1. The highest BCUT2D eigenvalue weighted by molar-refractivity contribution is 5.79. The highest BCUT2D eigenvalue weighted by Crippen LogP contribution is 2.31. The molecule has 1 rings (SSSR count). The van der Waals surface area contributed by atoms with Crippen molar-refractivity contribution >= 4 is 5.97 Å². The molecule has 0 saturated carbocycles. The maximum Gasteiger partial charge on any atom is 0.341 e. The van der Waals surface area contributed by atoms with Crippen LogP contribution in [0.15, 0.2) is 0 Å². The van der Waals surface area contributed by atoms with Crippen molar-refractivity contribution in [1.82, 2.24) is 0 Å². The van der Waals surface area contributed by atoms with Gasteiger partial charge in [-0.3, -0.25) is 0 Å². The zero-order chi connectivity index (χ0) is 10.2. The summed E-state index contributed by atoms with van der Waals surface area (Å²) in [4.78, 5) is 10.7. The highest BCUT2D eigenvalue weighted by atomic mass is 16.7. The minimum absolute atomic E-state index is 1.01. The van der Waals surface area contributed by atoms with Crippen LogP contribution in [0.1, 0.15) is 6.92 Å². The van der Waals surface area contributed by atoms with Crippen LogP contribution < -0.4 is 0 Å². The highest BCUT2D eigenvalue weighted by Gasteiger charge is 2.59. The van der Waals surface area contributed by atoms with Gasteiger partial charge in [0.2, 0.25) is 5.60 Å². The molecule has 0 aromatic carbocycles. The predicted octanol–water partition coefficient (Wildman–Crippen LogP) is -1.45. The van der Waals surface area contributed by atoms with Gasteiger partial charge in [-0.2, -0.15) is 0 Å². The lowest BCUT2D eigenvalue weighted by Gasteiger charge is -2.23. The maximum atomic E-state index is 10.7. The summed E-state index contributed by atoms with van der Waals surface area (Å²) in [5, 5.41) is 27.6. The summed E-state index contributed by atoms with van der Waals surface area (Å²) >= 11 is 0. The third-order valence-electron chi connectivity index (χ3n) is 2.24. The Morgan fingerprint density at radius 1 is 1.62 bits per heavy atom. The molecule has 6 heteroatoms. The van der Waals surface area contributed by atoms with Gasteiger partial charge in [-0.15, -0.1) is 0 Å². The van der Waals surface area contributed by atoms with Crippen LogP contribution in [0, 0.1) is 0 Å². The Bertz CT molecular complexity index is 217. The Balaban J connectivity index is 2.92. The van der Waals surface area contributed by atoms with E-state index in [-0.39, 0.29) is 0 Å². The van der Waals surface area contributed by atoms with Crippen molar-refractivity contribution in [2.75, 3.05) is 7.11 Å². The van der Waals surface area contributed by atoms with Gasteiger partial charge < -0.3 is 24.8 Å². The summed E-state index contributed by atoms with van der Waals surface area (Å²) in [6.45, 7) is 1.36. The van der Waals surface area contributed by atoms with Crippen LogP contribution in [0.3, 0.4) is 0 Å². The molecule has 0 bridgehead atoms. The van der Waals surface area contributed by atoms with Crippen LogP contribution in [0.4, 0.5) is 0 Å². The van der Waals surface area contributed by atoms with E-state index in [1.54, 1.807) is 0 Å². The average molecular weight is 192 g/mol. The van der Waals surface area contributed by atoms with Gasteiger partial charge in [0.05, 0.1) is 0 Å². The molecule has 1 aliphatic heterocycles. The molecule has 0 aromatic rings. The number of carboxylic acids is 1. The summed E-state index contributed by atoms with van der Waals surface area (Å²) < 4.78 is 9.54. The Morgan fingerprint density at radius 3 is 2.38 bits per heavy atom. The standard InChI is InChI=1S/C7H12O6/c1-3-7(11,6(9)10)4(8)5(12-2)13-3/h3-5,8,11H,1-2H3,(H,9,10). The summed E-state index contributed by atoms with van der Waals surface area (Å²) in [5.74, 6) is -1.52. The molecule has 0 aliphatic carbocycles. The van der Waals surface area contributed by atoms with Gasteiger partial charge in [0.15, 0.2) is 6.29 Å². The fraction of sp³-hybridized carbons (Fsp3) is 0.857. The summed E-state index contributed by atoms with van der Waals surface area (Å²) in [5.41, 5.74) is -2.29. The summed E-state index contributed by atoms with van der Waals surface area (Å²) in [6, 6.07) is 0. The van der Waals surface area contributed by atoms with Gasteiger partial charge in [0, 0.05) is 7.11 Å². The molecule has 1 aliphatic rings. The third kappa shape index (κ3) is 1.31. The molecule has 1 fully saturated rings. The van der Waals surface area contributed by atoms with Crippen LogP contribution in [0.2, 0.25) is 0 Å². The van der Waals surface area contributed by atoms with Gasteiger partial charge >= 0.3 is 5.97 Å². The first-order valence-electron chi connectivity index (χ1n) is 3.76. The minimum atomic E-state index is -2.29. The zero-order valence-corrected chi connectivity index (χ0v) is 7.30. The van der Waals surface area contributed by atoms with Crippen LogP contribution >= 0.6 is 0 Å². The molecule has 1 saturated heterocycles. The van der Waals surface area contributed by atoms with Gasteiger partial charge in [0.25, 0.3) is 0 Å². The molecule has 0 amide bonds. The summed E-state index contributed by atoms with van der Waals surface area (Å²) in [7, 11) is 1.26. The van der Waals surface area contributed by atoms with Crippen molar-refractivity contribution in [3.63, 3.8) is 0 Å². The lowest BCUT2D eigenvalue weighted by Crippen LogP contribution is -2.54.